The Balaban J connectivity index is 1.76. The van der Waals surface area contributed by atoms with E-state index in [9.17, 15) is 4.79 Å². The molecule has 0 bridgehead atoms. The lowest BCUT2D eigenvalue weighted by Gasteiger charge is -2.06. The van der Waals surface area contributed by atoms with E-state index in [1.54, 1.807) is 6.07 Å². The molecule has 0 unspecified atom stereocenters. The van der Waals surface area contributed by atoms with Crippen LogP contribution in [0, 0.1) is 0 Å². The van der Waals surface area contributed by atoms with Crippen LogP contribution in [0.2, 0.25) is 10.0 Å². The number of benzene rings is 2. The van der Waals surface area contributed by atoms with Gasteiger partial charge in [0.25, 0.3) is 5.91 Å². The number of rotatable bonds is 3. The summed E-state index contributed by atoms with van der Waals surface area (Å²) in [5.74, 6) is -0.297. The van der Waals surface area contributed by atoms with Crippen molar-refractivity contribution in [2.45, 2.75) is 6.54 Å². The SMILES string of the molecule is NC1=NC(=O)C(=Cc2cn(Cc3ccc(Cl)c(Cl)c3)c3ccccc23)S1. The summed E-state index contributed by atoms with van der Waals surface area (Å²) in [6.45, 7) is 0.639. The van der Waals surface area contributed by atoms with Crippen molar-refractivity contribution >= 4 is 63.0 Å². The van der Waals surface area contributed by atoms with E-state index in [4.69, 9.17) is 28.9 Å². The van der Waals surface area contributed by atoms with Gasteiger partial charge >= 0.3 is 0 Å². The lowest BCUT2D eigenvalue weighted by atomic mass is 10.1. The molecule has 3 aromatic rings. The number of aliphatic imine (C=N–C) groups is 1. The van der Waals surface area contributed by atoms with Gasteiger partial charge in [0.1, 0.15) is 0 Å². The number of fused-ring (bicyclic) bond motifs is 1. The molecule has 130 valence electrons. The number of para-hydroxylation sites is 1. The lowest BCUT2D eigenvalue weighted by molar-refractivity contribution is -0.113. The summed E-state index contributed by atoms with van der Waals surface area (Å²) in [7, 11) is 0. The van der Waals surface area contributed by atoms with Crippen LogP contribution >= 0.6 is 35.0 Å². The smallest absolute Gasteiger partial charge is 0.286 e. The van der Waals surface area contributed by atoms with Crippen molar-refractivity contribution in [2.75, 3.05) is 0 Å². The minimum absolute atomic E-state index is 0.279. The van der Waals surface area contributed by atoms with E-state index in [0.717, 1.165) is 22.0 Å². The van der Waals surface area contributed by atoms with Gasteiger partial charge in [-0.2, -0.15) is 4.99 Å². The molecule has 2 aromatic carbocycles. The number of hydrogen-bond acceptors (Lipinski definition) is 3. The molecular weight excluding hydrogens is 389 g/mol. The van der Waals surface area contributed by atoms with Crippen LogP contribution < -0.4 is 5.73 Å². The number of aromatic nitrogens is 1. The lowest BCUT2D eigenvalue weighted by Crippen LogP contribution is -2.01. The molecule has 4 nitrogen and oxygen atoms in total. The van der Waals surface area contributed by atoms with Crippen LogP contribution in [0.3, 0.4) is 0 Å². The van der Waals surface area contributed by atoms with E-state index < -0.39 is 0 Å². The second-order valence-corrected chi connectivity index (χ2v) is 7.72. The summed E-state index contributed by atoms with van der Waals surface area (Å²) in [5, 5.41) is 2.40. The largest absolute Gasteiger partial charge is 0.378 e. The van der Waals surface area contributed by atoms with E-state index in [-0.39, 0.29) is 11.1 Å². The molecule has 0 fully saturated rings. The van der Waals surface area contributed by atoms with Crippen molar-refractivity contribution in [1.29, 1.82) is 0 Å². The van der Waals surface area contributed by atoms with Crippen LogP contribution in [0.4, 0.5) is 0 Å². The molecule has 1 aliphatic heterocycles. The maximum atomic E-state index is 11.9. The number of carbonyl (C=O) groups excluding carboxylic acids is 1. The average Bonchev–Trinajstić information content (AvgIpc) is 3.11. The maximum absolute atomic E-state index is 11.9. The first-order chi connectivity index (χ1) is 12.5. The number of nitrogens with two attached hydrogens (primary N) is 1. The first-order valence-electron chi connectivity index (χ1n) is 7.81. The van der Waals surface area contributed by atoms with Gasteiger partial charge in [0.2, 0.25) is 0 Å². The Morgan fingerprint density at radius 1 is 1.15 bits per heavy atom. The molecule has 1 aromatic heterocycles. The van der Waals surface area contributed by atoms with Gasteiger partial charge in [0, 0.05) is 29.2 Å². The fourth-order valence-electron chi connectivity index (χ4n) is 2.92. The molecule has 1 amide bonds. The molecule has 4 rings (SSSR count). The number of nitrogens with zero attached hydrogens (tertiary/aromatic N) is 2. The van der Waals surface area contributed by atoms with Crippen molar-refractivity contribution in [3.8, 4) is 0 Å². The Kier molecular flexibility index (Phi) is 4.53. The van der Waals surface area contributed by atoms with E-state index in [2.05, 4.69) is 9.56 Å². The fraction of sp³-hybridized carbons (Fsp3) is 0.0526. The molecule has 0 aliphatic carbocycles. The molecule has 0 saturated heterocycles. The van der Waals surface area contributed by atoms with E-state index in [0.29, 0.717) is 21.5 Å². The molecule has 0 radical (unpaired) electrons. The van der Waals surface area contributed by atoms with Crippen LogP contribution in [0.5, 0.6) is 0 Å². The summed E-state index contributed by atoms with van der Waals surface area (Å²) in [5.41, 5.74) is 8.69. The predicted octanol–water partition coefficient (Wildman–Crippen LogP) is 4.93. The summed E-state index contributed by atoms with van der Waals surface area (Å²) >= 11 is 13.3. The van der Waals surface area contributed by atoms with Gasteiger partial charge in [-0.05, 0) is 41.6 Å². The van der Waals surface area contributed by atoms with Crippen molar-refractivity contribution in [3.63, 3.8) is 0 Å². The molecule has 0 spiro atoms. The van der Waals surface area contributed by atoms with Crippen molar-refractivity contribution in [1.82, 2.24) is 4.57 Å². The standard InChI is InChI=1S/C19H13Cl2N3OS/c20-14-6-5-11(7-15(14)21)9-24-10-12(13-3-1-2-4-16(13)24)8-17-18(25)23-19(22)26-17/h1-8,10H,9H2,(H2,22,23,25). The molecule has 2 heterocycles. The van der Waals surface area contributed by atoms with Crippen LogP contribution in [0.1, 0.15) is 11.1 Å². The Morgan fingerprint density at radius 2 is 1.96 bits per heavy atom. The van der Waals surface area contributed by atoms with Crippen LogP contribution in [0.25, 0.3) is 17.0 Å². The predicted molar refractivity (Wildman–Crippen MR) is 110 cm³/mol. The van der Waals surface area contributed by atoms with Crippen molar-refractivity contribution < 1.29 is 4.79 Å². The number of thioether (sulfide) groups is 1. The highest BCUT2D eigenvalue weighted by Gasteiger charge is 2.20. The molecule has 7 heteroatoms. The van der Waals surface area contributed by atoms with Gasteiger partial charge in [-0.25, -0.2) is 0 Å². The summed E-state index contributed by atoms with van der Waals surface area (Å²) in [6, 6.07) is 13.6. The minimum atomic E-state index is -0.297. The van der Waals surface area contributed by atoms with Gasteiger partial charge in [-0.15, -0.1) is 0 Å². The van der Waals surface area contributed by atoms with Gasteiger partial charge in [0.15, 0.2) is 5.17 Å². The number of amidine groups is 1. The molecular formula is C19H13Cl2N3OS. The van der Waals surface area contributed by atoms with Gasteiger partial charge in [-0.3, -0.25) is 4.79 Å². The first kappa shape index (κ1) is 17.2. The topological polar surface area (TPSA) is 60.4 Å². The van der Waals surface area contributed by atoms with Gasteiger partial charge < -0.3 is 10.3 Å². The van der Waals surface area contributed by atoms with Crippen LogP contribution in [-0.2, 0) is 11.3 Å². The van der Waals surface area contributed by atoms with Gasteiger partial charge in [-0.1, -0.05) is 47.5 Å². The number of halogens is 2. The molecule has 0 saturated carbocycles. The number of amides is 1. The highest BCUT2D eigenvalue weighted by Crippen LogP contribution is 2.31. The maximum Gasteiger partial charge on any atom is 0.286 e. The highest BCUT2D eigenvalue weighted by atomic mass is 35.5. The summed E-state index contributed by atoms with van der Waals surface area (Å²) in [6.07, 6.45) is 3.85. The van der Waals surface area contributed by atoms with Crippen LogP contribution in [0.15, 0.2) is 58.6 Å². The van der Waals surface area contributed by atoms with E-state index in [1.807, 2.05) is 48.7 Å². The zero-order valence-electron chi connectivity index (χ0n) is 13.4. The molecule has 1 aliphatic rings. The fourth-order valence-corrected chi connectivity index (χ4v) is 3.92. The third kappa shape index (κ3) is 3.26. The normalized spacial score (nSPS) is 15.8. The number of hydrogen-bond donors (Lipinski definition) is 1. The van der Waals surface area contributed by atoms with Crippen molar-refractivity contribution in [2.24, 2.45) is 10.7 Å². The zero-order chi connectivity index (χ0) is 18.3. The number of carbonyl (C=O) groups is 1. The Hall–Kier alpha value is -2.21. The van der Waals surface area contributed by atoms with E-state index >= 15 is 0 Å². The average molecular weight is 402 g/mol. The van der Waals surface area contributed by atoms with E-state index in [1.165, 1.54) is 11.8 Å². The van der Waals surface area contributed by atoms with Gasteiger partial charge in [0.05, 0.1) is 15.0 Å². The first-order valence-corrected chi connectivity index (χ1v) is 9.38. The second kappa shape index (κ2) is 6.83. The molecule has 26 heavy (non-hydrogen) atoms. The van der Waals surface area contributed by atoms with Crippen molar-refractivity contribution in [3.05, 3.63) is 74.7 Å². The highest BCUT2D eigenvalue weighted by molar-refractivity contribution is 8.18. The Labute approximate surface area is 164 Å². The minimum Gasteiger partial charge on any atom is -0.378 e. The zero-order valence-corrected chi connectivity index (χ0v) is 15.8. The third-order valence-corrected chi connectivity index (χ3v) is 5.63. The Morgan fingerprint density at radius 3 is 2.69 bits per heavy atom. The second-order valence-electron chi connectivity index (χ2n) is 5.84. The molecule has 2 N–H and O–H groups in total. The van der Waals surface area contributed by atoms with Crippen LogP contribution in [-0.4, -0.2) is 15.6 Å². The Bertz CT molecular complexity index is 1100. The summed E-state index contributed by atoms with van der Waals surface area (Å²) < 4.78 is 2.12. The monoisotopic (exact) mass is 401 g/mol. The summed E-state index contributed by atoms with van der Waals surface area (Å²) in [4.78, 5) is 16.2. The third-order valence-electron chi connectivity index (χ3n) is 4.08. The molecule has 0 atom stereocenters. The quantitative estimate of drug-likeness (QED) is 0.633.